The van der Waals surface area contributed by atoms with Crippen LogP contribution >= 0.6 is 23.5 Å². The van der Waals surface area contributed by atoms with E-state index in [1.165, 1.54) is 29.5 Å². The smallest absolute Gasteiger partial charge is 0.417 e. The van der Waals surface area contributed by atoms with Crippen LogP contribution in [0.2, 0.25) is 0 Å². The highest BCUT2D eigenvalue weighted by Crippen LogP contribution is 2.38. The Kier molecular flexibility index (Phi) is 8.90. The molecule has 0 saturated heterocycles. The van der Waals surface area contributed by atoms with Crippen LogP contribution < -0.4 is 4.74 Å². The average Bonchev–Trinajstić information content (AvgIpc) is 2.65. The largest absolute Gasteiger partial charge is 0.494 e. The zero-order chi connectivity index (χ0) is 19.7. The van der Waals surface area contributed by atoms with Gasteiger partial charge in [0.2, 0.25) is 0 Å². The number of alkyl halides is 3. The van der Waals surface area contributed by atoms with Gasteiger partial charge >= 0.3 is 6.18 Å². The molecular weight excluding hydrogens is 389 g/mol. The van der Waals surface area contributed by atoms with Gasteiger partial charge < -0.3 is 4.74 Å². The monoisotopic (exact) mass is 414 g/mol. The summed E-state index contributed by atoms with van der Waals surface area (Å²) in [7, 11) is 0. The molecule has 1 unspecified atom stereocenters. The number of hydrogen-bond acceptors (Lipinski definition) is 3. The Morgan fingerprint density at radius 3 is 2.44 bits per heavy atom. The number of ether oxygens (including phenoxy) is 1. The number of rotatable bonds is 10. The topological polar surface area (TPSA) is 9.23 Å². The van der Waals surface area contributed by atoms with Gasteiger partial charge in [-0.15, -0.1) is 11.8 Å². The molecule has 0 radical (unpaired) electrons. The van der Waals surface area contributed by atoms with Crippen LogP contribution in [0.5, 0.6) is 5.75 Å². The maximum Gasteiger partial charge on any atom is 0.417 e. The van der Waals surface area contributed by atoms with Crippen molar-refractivity contribution < 1.29 is 17.9 Å². The molecule has 0 N–H and O–H groups in total. The second-order valence-corrected chi connectivity index (χ2v) is 8.72. The van der Waals surface area contributed by atoms with Crippen molar-refractivity contribution in [2.24, 2.45) is 0 Å². The predicted octanol–water partition coefficient (Wildman–Crippen LogP) is 7.47. The van der Waals surface area contributed by atoms with Crippen LogP contribution in [0.3, 0.4) is 0 Å². The molecule has 0 aliphatic rings. The van der Waals surface area contributed by atoms with Crippen LogP contribution in [-0.4, -0.2) is 18.1 Å². The highest BCUT2D eigenvalue weighted by Gasteiger charge is 2.33. The number of halogens is 3. The summed E-state index contributed by atoms with van der Waals surface area (Å²) >= 11 is 3.08. The number of benzene rings is 2. The summed E-state index contributed by atoms with van der Waals surface area (Å²) in [5, 5.41) is 0.411. The van der Waals surface area contributed by atoms with E-state index in [1.54, 1.807) is 0 Å². The highest BCUT2D eigenvalue weighted by atomic mass is 32.2. The second kappa shape index (κ2) is 10.9. The molecule has 0 fully saturated rings. The van der Waals surface area contributed by atoms with Crippen molar-refractivity contribution in [3.8, 4) is 5.75 Å². The zero-order valence-corrected chi connectivity index (χ0v) is 17.2. The first-order chi connectivity index (χ1) is 12.9. The van der Waals surface area contributed by atoms with Crippen LogP contribution in [-0.2, 0) is 6.18 Å². The molecule has 6 heteroatoms. The van der Waals surface area contributed by atoms with Crippen LogP contribution in [0.4, 0.5) is 13.2 Å². The van der Waals surface area contributed by atoms with Crippen molar-refractivity contribution in [2.75, 3.05) is 18.1 Å². The van der Waals surface area contributed by atoms with Gasteiger partial charge in [-0.2, -0.15) is 24.9 Å². The van der Waals surface area contributed by atoms with Crippen molar-refractivity contribution in [2.45, 2.75) is 43.0 Å². The Labute approximate surface area is 168 Å². The van der Waals surface area contributed by atoms with E-state index in [4.69, 9.17) is 4.74 Å². The average molecular weight is 415 g/mol. The number of thioether (sulfide) groups is 2. The summed E-state index contributed by atoms with van der Waals surface area (Å²) in [6, 6.07) is 14.4. The summed E-state index contributed by atoms with van der Waals surface area (Å²) in [6.07, 6.45) is -2.66. The minimum atomic E-state index is -4.33. The van der Waals surface area contributed by atoms with Crippen molar-refractivity contribution in [1.82, 2.24) is 0 Å². The molecule has 2 aromatic carbocycles. The molecular formula is C21H25F3OS2. The molecule has 0 aliphatic carbocycles. The lowest BCUT2D eigenvalue weighted by Gasteiger charge is -2.15. The summed E-state index contributed by atoms with van der Waals surface area (Å²) < 4.78 is 45.0. The van der Waals surface area contributed by atoms with E-state index >= 15 is 0 Å². The quantitative estimate of drug-likeness (QED) is 0.295. The van der Waals surface area contributed by atoms with Gasteiger partial charge in [-0.25, -0.2) is 0 Å². The molecule has 1 atom stereocenters. The van der Waals surface area contributed by atoms with Crippen molar-refractivity contribution in [3.05, 3.63) is 59.7 Å². The first-order valence-corrected chi connectivity index (χ1v) is 11.1. The van der Waals surface area contributed by atoms with E-state index in [-0.39, 0.29) is 4.90 Å². The molecule has 0 aliphatic heterocycles. The maximum absolute atomic E-state index is 13.1. The van der Waals surface area contributed by atoms with E-state index in [2.05, 4.69) is 19.1 Å². The van der Waals surface area contributed by atoms with Crippen LogP contribution in [0.1, 0.15) is 43.1 Å². The molecule has 0 saturated carbocycles. The summed E-state index contributed by atoms with van der Waals surface area (Å²) in [4.78, 5) is 0.244. The normalized spacial score (nSPS) is 12.8. The molecule has 2 rings (SSSR count). The first-order valence-electron chi connectivity index (χ1n) is 9.05. The van der Waals surface area contributed by atoms with Crippen molar-refractivity contribution in [3.63, 3.8) is 0 Å². The Balaban J connectivity index is 1.83. The Hall–Kier alpha value is -1.27. The van der Waals surface area contributed by atoms with Gasteiger partial charge in [0.15, 0.2) is 0 Å². The van der Waals surface area contributed by atoms with Gasteiger partial charge in [0.25, 0.3) is 0 Å². The molecule has 0 bridgehead atoms. The van der Waals surface area contributed by atoms with E-state index in [0.717, 1.165) is 24.7 Å². The molecule has 0 aromatic heterocycles. The van der Waals surface area contributed by atoms with Crippen molar-refractivity contribution >= 4 is 23.5 Å². The second-order valence-electron chi connectivity index (χ2n) is 6.13. The highest BCUT2D eigenvalue weighted by molar-refractivity contribution is 7.99. The third kappa shape index (κ3) is 7.34. The van der Waals surface area contributed by atoms with Gasteiger partial charge in [-0.1, -0.05) is 37.3 Å². The number of hydrogen-bond donors (Lipinski definition) is 0. The Morgan fingerprint density at radius 2 is 1.78 bits per heavy atom. The SMILES string of the molecule is CCCSc1cc(OCCCSC(C)c2ccccc2)ccc1C(F)(F)F. The van der Waals surface area contributed by atoms with Crippen molar-refractivity contribution in [1.29, 1.82) is 0 Å². The maximum atomic E-state index is 13.1. The summed E-state index contributed by atoms with van der Waals surface area (Å²) in [5.74, 6) is 2.09. The summed E-state index contributed by atoms with van der Waals surface area (Å²) in [6.45, 7) is 4.63. The van der Waals surface area contributed by atoms with Crippen LogP contribution in [0, 0.1) is 0 Å². The molecule has 27 heavy (non-hydrogen) atoms. The van der Waals surface area contributed by atoms with E-state index < -0.39 is 11.7 Å². The third-order valence-corrected chi connectivity index (χ3v) is 6.47. The molecule has 1 nitrogen and oxygen atoms in total. The van der Waals surface area contributed by atoms with Crippen LogP contribution in [0.25, 0.3) is 0 Å². The minimum absolute atomic E-state index is 0.244. The van der Waals surface area contributed by atoms with Gasteiger partial charge in [0.1, 0.15) is 5.75 Å². The Bertz CT molecular complexity index is 690. The first kappa shape index (κ1) is 22.0. The van der Waals surface area contributed by atoms with Gasteiger partial charge in [-0.3, -0.25) is 0 Å². The predicted molar refractivity (Wildman–Crippen MR) is 110 cm³/mol. The fraction of sp³-hybridized carbons (Fsp3) is 0.429. The lowest BCUT2D eigenvalue weighted by atomic mass is 10.2. The molecule has 2 aromatic rings. The molecule has 148 valence electrons. The van der Waals surface area contributed by atoms with Crippen LogP contribution in [0.15, 0.2) is 53.4 Å². The lowest BCUT2D eigenvalue weighted by Crippen LogP contribution is -2.07. The molecule has 0 amide bonds. The van der Waals surface area contributed by atoms with E-state index in [1.807, 2.05) is 36.9 Å². The fourth-order valence-corrected chi connectivity index (χ4v) is 4.44. The Morgan fingerprint density at radius 1 is 1.04 bits per heavy atom. The third-order valence-electron chi connectivity index (χ3n) is 3.91. The van der Waals surface area contributed by atoms with Gasteiger partial charge in [0.05, 0.1) is 12.2 Å². The van der Waals surface area contributed by atoms with Gasteiger partial charge in [0, 0.05) is 10.1 Å². The van der Waals surface area contributed by atoms with E-state index in [0.29, 0.717) is 23.4 Å². The summed E-state index contributed by atoms with van der Waals surface area (Å²) in [5.41, 5.74) is 0.712. The fourth-order valence-electron chi connectivity index (χ4n) is 2.49. The molecule has 0 heterocycles. The minimum Gasteiger partial charge on any atom is -0.494 e. The van der Waals surface area contributed by atoms with Gasteiger partial charge in [-0.05, 0) is 55.0 Å². The molecule has 0 spiro atoms. The zero-order valence-electron chi connectivity index (χ0n) is 15.6. The standard InChI is InChI=1S/C21H25F3OS2/c1-3-13-27-20-15-18(10-11-19(20)21(22,23)24)25-12-7-14-26-16(2)17-8-5-4-6-9-17/h4-6,8-11,15-16H,3,7,12-14H2,1-2H3. The van der Waals surface area contributed by atoms with E-state index in [9.17, 15) is 13.2 Å². The lowest BCUT2D eigenvalue weighted by molar-refractivity contribution is -0.139.